The van der Waals surface area contributed by atoms with Gasteiger partial charge in [-0.1, -0.05) is 16.8 Å². The highest BCUT2D eigenvalue weighted by Gasteiger charge is 2.09. The van der Waals surface area contributed by atoms with Gasteiger partial charge in [-0.3, -0.25) is 0 Å². The molecular formula is C12H14ClN3O. The number of nitrogens with zero attached hydrogens (tertiary/aromatic N) is 1. The van der Waals surface area contributed by atoms with Crippen molar-refractivity contribution >= 4 is 17.3 Å². The van der Waals surface area contributed by atoms with E-state index in [4.69, 9.17) is 21.9 Å². The molecule has 1 heterocycles. The van der Waals surface area contributed by atoms with Crippen LogP contribution in [0.1, 0.15) is 6.42 Å². The fourth-order valence-electron chi connectivity index (χ4n) is 1.50. The van der Waals surface area contributed by atoms with Gasteiger partial charge in [0, 0.05) is 17.1 Å². The van der Waals surface area contributed by atoms with Crippen LogP contribution in [0.15, 0.2) is 35.0 Å². The summed E-state index contributed by atoms with van der Waals surface area (Å²) in [5.74, 6) is 0.721. The van der Waals surface area contributed by atoms with Crippen LogP contribution in [0, 0.1) is 0 Å². The van der Waals surface area contributed by atoms with Crippen molar-refractivity contribution < 1.29 is 4.52 Å². The van der Waals surface area contributed by atoms with Gasteiger partial charge in [-0.05, 0) is 37.2 Å². The van der Waals surface area contributed by atoms with Crippen molar-refractivity contribution in [2.24, 2.45) is 5.73 Å². The van der Waals surface area contributed by atoms with Crippen molar-refractivity contribution in [3.8, 4) is 11.3 Å². The molecule has 0 spiro atoms. The van der Waals surface area contributed by atoms with Crippen LogP contribution in [0.25, 0.3) is 11.3 Å². The zero-order valence-electron chi connectivity index (χ0n) is 9.32. The second kappa shape index (κ2) is 5.70. The van der Waals surface area contributed by atoms with Gasteiger partial charge in [-0.2, -0.15) is 0 Å². The molecule has 0 atom stereocenters. The van der Waals surface area contributed by atoms with E-state index in [-0.39, 0.29) is 0 Å². The SMILES string of the molecule is NCCCNc1cnoc1-c1ccc(Cl)cc1. The highest BCUT2D eigenvalue weighted by Crippen LogP contribution is 2.28. The number of nitrogens with one attached hydrogen (secondary N) is 1. The summed E-state index contributed by atoms with van der Waals surface area (Å²) in [5, 5.41) is 7.74. The zero-order valence-corrected chi connectivity index (χ0v) is 10.1. The third-order valence-electron chi connectivity index (χ3n) is 2.37. The van der Waals surface area contributed by atoms with Crippen LogP contribution < -0.4 is 11.1 Å². The van der Waals surface area contributed by atoms with Crippen LogP contribution in [0.2, 0.25) is 5.02 Å². The summed E-state index contributed by atoms with van der Waals surface area (Å²) in [6.45, 7) is 1.47. The molecule has 2 aromatic rings. The standard InChI is InChI=1S/C12H14ClN3O/c13-10-4-2-9(3-5-10)12-11(8-16-17-12)15-7-1-6-14/h2-5,8,15H,1,6-7,14H2. The molecule has 0 saturated heterocycles. The molecule has 0 saturated carbocycles. The molecule has 90 valence electrons. The largest absolute Gasteiger partial charge is 0.381 e. The Morgan fingerprint density at radius 2 is 2.06 bits per heavy atom. The maximum Gasteiger partial charge on any atom is 0.189 e. The van der Waals surface area contributed by atoms with E-state index in [2.05, 4.69) is 10.5 Å². The van der Waals surface area contributed by atoms with Gasteiger partial charge in [0.15, 0.2) is 5.76 Å². The Hall–Kier alpha value is -1.52. The Bertz CT molecular complexity index is 467. The third-order valence-corrected chi connectivity index (χ3v) is 2.63. The van der Waals surface area contributed by atoms with Crippen LogP contribution >= 0.6 is 11.6 Å². The molecule has 0 aliphatic carbocycles. The average molecular weight is 252 g/mol. The number of hydrogen-bond acceptors (Lipinski definition) is 4. The smallest absolute Gasteiger partial charge is 0.189 e. The van der Waals surface area contributed by atoms with E-state index in [9.17, 15) is 0 Å². The molecule has 0 bridgehead atoms. The second-order valence-corrected chi connectivity index (χ2v) is 4.08. The summed E-state index contributed by atoms with van der Waals surface area (Å²) in [5.41, 5.74) is 7.26. The molecule has 0 aliphatic rings. The molecule has 17 heavy (non-hydrogen) atoms. The van der Waals surface area contributed by atoms with E-state index in [1.165, 1.54) is 0 Å². The van der Waals surface area contributed by atoms with E-state index in [0.29, 0.717) is 11.6 Å². The van der Waals surface area contributed by atoms with Gasteiger partial charge in [-0.25, -0.2) is 0 Å². The van der Waals surface area contributed by atoms with Crippen molar-refractivity contribution in [2.45, 2.75) is 6.42 Å². The molecule has 5 heteroatoms. The first-order valence-corrected chi connectivity index (χ1v) is 5.83. The number of hydrogen-bond donors (Lipinski definition) is 2. The third kappa shape index (κ3) is 2.99. The van der Waals surface area contributed by atoms with Crippen LogP contribution in [-0.2, 0) is 0 Å². The number of aromatic nitrogens is 1. The lowest BCUT2D eigenvalue weighted by Gasteiger charge is -2.04. The Labute approximate surface area is 105 Å². The molecule has 3 N–H and O–H groups in total. The number of benzene rings is 1. The highest BCUT2D eigenvalue weighted by molar-refractivity contribution is 6.30. The summed E-state index contributed by atoms with van der Waals surface area (Å²) in [6.07, 6.45) is 2.58. The van der Waals surface area contributed by atoms with Crippen molar-refractivity contribution in [3.05, 3.63) is 35.5 Å². The van der Waals surface area contributed by atoms with Gasteiger partial charge < -0.3 is 15.6 Å². The van der Waals surface area contributed by atoms with Crippen molar-refractivity contribution in [2.75, 3.05) is 18.4 Å². The minimum Gasteiger partial charge on any atom is -0.381 e. The molecule has 0 aliphatic heterocycles. The Morgan fingerprint density at radius 3 is 2.76 bits per heavy atom. The molecule has 0 unspecified atom stereocenters. The summed E-state index contributed by atoms with van der Waals surface area (Å²) >= 11 is 5.84. The van der Waals surface area contributed by atoms with Gasteiger partial charge >= 0.3 is 0 Å². The quantitative estimate of drug-likeness (QED) is 0.802. The van der Waals surface area contributed by atoms with Crippen LogP contribution in [0.5, 0.6) is 0 Å². The van der Waals surface area contributed by atoms with Crippen LogP contribution in [0.3, 0.4) is 0 Å². The molecule has 4 nitrogen and oxygen atoms in total. The van der Waals surface area contributed by atoms with Crippen molar-refractivity contribution in [1.29, 1.82) is 0 Å². The number of halogens is 1. The second-order valence-electron chi connectivity index (χ2n) is 3.64. The van der Waals surface area contributed by atoms with Gasteiger partial charge in [0.1, 0.15) is 5.69 Å². The summed E-state index contributed by atoms with van der Waals surface area (Å²) < 4.78 is 5.23. The Balaban J connectivity index is 2.15. The number of anilines is 1. The number of nitrogens with two attached hydrogens (primary N) is 1. The van der Waals surface area contributed by atoms with E-state index in [0.717, 1.165) is 30.0 Å². The predicted octanol–water partition coefficient (Wildman–Crippen LogP) is 2.76. The first-order chi connectivity index (χ1) is 8.31. The van der Waals surface area contributed by atoms with Crippen LogP contribution in [0.4, 0.5) is 5.69 Å². The lowest BCUT2D eigenvalue weighted by molar-refractivity contribution is 0.432. The maximum atomic E-state index is 5.84. The zero-order chi connectivity index (χ0) is 12.1. The molecule has 2 rings (SSSR count). The molecule has 0 radical (unpaired) electrons. The summed E-state index contributed by atoms with van der Waals surface area (Å²) in [7, 11) is 0. The molecule has 1 aromatic carbocycles. The fourth-order valence-corrected chi connectivity index (χ4v) is 1.63. The van der Waals surface area contributed by atoms with Crippen molar-refractivity contribution in [1.82, 2.24) is 5.16 Å². The van der Waals surface area contributed by atoms with E-state index >= 15 is 0 Å². The minimum absolute atomic E-state index is 0.661. The van der Waals surface area contributed by atoms with E-state index in [1.54, 1.807) is 6.20 Å². The van der Waals surface area contributed by atoms with E-state index in [1.807, 2.05) is 24.3 Å². The Morgan fingerprint density at radius 1 is 1.29 bits per heavy atom. The molecule has 1 aromatic heterocycles. The van der Waals surface area contributed by atoms with E-state index < -0.39 is 0 Å². The first-order valence-electron chi connectivity index (χ1n) is 5.46. The normalized spacial score (nSPS) is 10.5. The average Bonchev–Trinajstić information content (AvgIpc) is 2.79. The maximum absolute atomic E-state index is 5.84. The highest BCUT2D eigenvalue weighted by atomic mass is 35.5. The molecule has 0 fully saturated rings. The predicted molar refractivity (Wildman–Crippen MR) is 69.1 cm³/mol. The summed E-state index contributed by atoms with van der Waals surface area (Å²) in [4.78, 5) is 0. The van der Waals surface area contributed by atoms with Gasteiger partial charge in [-0.15, -0.1) is 0 Å². The molecular weight excluding hydrogens is 238 g/mol. The monoisotopic (exact) mass is 251 g/mol. The lowest BCUT2D eigenvalue weighted by atomic mass is 10.1. The van der Waals surface area contributed by atoms with Gasteiger partial charge in [0.05, 0.1) is 6.20 Å². The topological polar surface area (TPSA) is 64.1 Å². The number of rotatable bonds is 5. The van der Waals surface area contributed by atoms with Crippen LogP contribution in [-0.4, -0.2) is 18.2 Å². The Kier molecular flexibility index (Phi) is 4.01. The molecule has 0 amide bonds. The van der Waals surface area contributed by atoms with Gasteiger partial charge in [0.2, 0.25) is 0 Å². The lowest BCUT2D eigenvalue weighted by Crippen LogP contribution is -2.08. The minimum atomic E-state index is 0.661. The van der Waals surface area contributed by atoms with Gasteiger partial charge in [0.25, 0.3) is 0 Å². The summed E-state index contributed by atoms with van der Waals surface area (Å²) in [6, 6.07) is 7.44. The van der Waals surface area contributed by atoms with Crippen molar-refractivity contribution in [3.63, 3.8) is 0 Å². The first kappa shape index (κ1) is 12.0. The fraction of sp³-hybridized carbons (Fsp3) is 0.250.